The molecule has 2 aromatic carbocycles. The van der Waals surface area contributed by atoms with Gasteiger partial charge in [0.05, 0.1) is 11.6 Å². The van der Waals surface area contributed by atoms with Crippen LogP contribution >= 0.6 is 0 Å². The van der Waals surface area contributed by atoms with E-state index in [9.17, 15) is 4.79 Å². The molecule has 0 fully saturated rings. The highest BCUT2D eigenvalue weighted by Crippen LogP contribution is 2.18. The van der Waals surface area contributed by atoms with Gasteiger partial charge in [-0.3, -0.25) is 4.79 Å². The lowest BCUT2D eigenvalue weighted by Gasteiger charge is -2.11. The number of amides is 1. The molecule has 0 aliphatic carbocycles. The van der Waals surface area contributed by atoms with Crippen LogP contribution in [0.2, 0.25) is 0 Å². The van der Waals surface area contributed by atoms with Crippen molar-refractivity contribution < 1.29 is 4.79 Å². The number of carbonyl (C=O) groups excluding carboxylic acids is 1. The number of nitrogens with zero attached hydrogens (tertiary/aromatic N) is 1. The Morgan fingerprint density at radius 2 is 1.90 bits per heavy atom. The molecule has 1 amide bonds. The highest BCUT2D eigenvalue weighted by Gasteiger charge is 2.06. The number of nitrogens with one attached hydrogen (secondary N) is 2. The van der Waals surface area contributed by atoms with Gasteiger partial charge in [-0.1, -0.05) is 18.2 Å². The molecule has 0 saturated carbocycles. The monoisotopic (exact) mass is 279 g/mol. The number of hydrogen-bond acceptors (Lipinski definition) is 3. The van der Waals surface area contributed by atoms with E-state index in [-0.39, 0.29) is 5.91 Å². The van der Waals surface area contributed by atoms with Gasteiger partial charge in [-0.15, -0.1) is 0 Å². The van der Waals surface area contributed by atoms with Gasteiger partial charge in [0.2, 0.25) is 0 Å². The minimum atomic E-state index is -0.101. The maximum atomic E-state index is 11.7. The van der Waals surface area contributed by atoms with Gasteiger partial charge in [0.1, 0.15) is 0 Å². The SMILES string of the molecule is CNC(=O)c1ccc(C)c(NCc2ccc(C#N)cc2)c1. The van der Waals surface area contributed by atoms with E-state index in [1.165, 1.54) is 0 Å². The Morgan fingerprint density at radius 1 is 1.19 bits per heavy atom. The molecule has 0 heterocycles. The van der Waals surface area contributed by atoms with E-state index in [1.807, 2.05) is 31.2 Å². The van der Waals surface area contributed by atoms with Gasteiger partial charge >= 0.3 is 0 Å². The normalized spacial score (nSPS) is 9.76. The van der Waals surface area contributed by atoms with E-state index in [1.54, 1.807) is 25.2 Å². The van der Waals surface area contributed by atoms with Crippen LogP contribution in [0, 0.1) is 18.3 Å². The summed E-state index contributed by atoms with van der Waals surface area (Å²) in [6.45, 7) is 2.64. The van der Waals surface area contributed by atoms with E-state index in [0.717, 1.165) is 16.8 Å². The number of nitriles is 1. The summed E-state index contributed by atoms with van der Waals surface area (Å²) in [6, 6.07) is 15.1. The number of benzene rings is 2. The van der Waals surface area contributed by atoms with Gasteiger partial charge in [0, 0.05) is 24.8 Å². The Kier molecular flexibility index (Phi) is 4.57. The number of anilines is 1. The van der Waals surface area contributed by atoms with Crippen LogP contribution in [0.5, 0.6) is 0 Å². The maximum absolute atomic E-state index is 11.7. The predicted octanol–water partition coefficient (Wildman–Crippen LogP) is 2.84. The van der Waals surface area contributed by atoms with Crippen LogP contribution in [-0.4, -0.2) is 13.0 Å². The molecular formula is C17H17N3O. The molecule has 21 heavy (non-hydrogen) atoms. The molecule has 0 atom stereocenters. The highest BCUT2D eigenvalue weighted by atomic mass is 16.1. The first-order valence-electron chi connectivity index (χ1n) is 6.69. The number of hydrogen-bond donors (Lipinski definition) is 2. The van der Waals surface area contributed by atoms with Gasteiger partial charge in [-0.05, 0) is 42.3 Å². The number of carbonyl (C=O) groups is 1. The minimum Gasteiger partial charge on any atom is -0.381 e. The summed E-state index contributed by atoms with van der Waals surface area (Å²) in [5.41, 5.74) is 4.37. The summed E-state index contributed by atoms with van der Waals surface area (Å²) in [5.74, 6) is -0.101. The Bertz CT molecular complexity index is 684. The van der Waals surface area contributed by atoms with E-state index in [2.05, 4.69) is 16.7 Å². The Hall–Kier alpha value is -2.80. The zero-order valence-corrected chi connectivity index (χ0v) is 12.1. The van der Waals surface area contributed by atoms with Crippen molar-refractivity contribution >= 4 is 11.6 Å². The molecule has 0 aliphatic heterocycles. The summed E-state index contributed by atoms with van der Waals surface area (Å²) in [6.07, 6.45) is 0. The van der Waals surface area contributed by atoms with Crippen LogP contribution in [0.25, 0.3) is 0 Å². The second kappa shape index (κ2) is 6.58. The van der Waals surface area contributed by atoms with Crippen LogP contribution in [-0.2, 0) is 6.54 Å². The largest absolute Gasteiger partial charge is 0.381 e. The van der Waals surface area contributed by atoms with Crippen molar-refractivity contribution in [1.82, 2.24) is 5.32 Å². The standard InChI is InChI=1S/C17H17N3O/c1-12-3-8-15(17(21)19-2)9-16(12)20-11-14-6-4-13(10-18)5-7-14/h3-9,20H,11H2,1-2H3,(H,19,21). The molecule has 0 unspecified atom stereocenters. The molecule has 0 spiro atoms. The second-order valence-electron chi connectivity index (χ2n) is 4.77. The van der Waals surface area contributed by atoms with Crippen LogP contribution < -0.4 is 10.6 Å². The first kappa shape index (κ1) is 14.6. The molecule has 4 nitrogen and oxygen atoms in total. The molecule has 2 N–H and O–H groups in total. The molecule has 2 aromatic rings. The third kappa shape index (κ3) is 3.61. The van der Waals surface area contributed by atoms with Crippen molar-refractivity contribution in [3.05, 3.63) is 64.7 Å². The zero-order valence-electron chi connectivity index (χ0n) is 12.1. The molecular weight excluding hydrogens is 262 g/mol. The Labute approximate surface area is 124 Å². The smallest absolute Gasteiger partial charge is 0.251 e. The maximum Gasteiger partial charge on any atom is 0.251 e. The van der Waals surface area contributed by atoms with Crippen molar-refractivity contribution in [2.45, 2.75) is 13.5 Å². The molecule has 106 valence electrons. The van der Waals surface area contributed by atoms with Gasteiger partial charge in [-0.2, -0.15) is 5.26 Å². The van der Waals surface area contributed by atoms with Crippen LogP contribution in [0.15, 0.2) is 42.5 Å². The van der Waals surface area contributed by atoms with E-state index in [0.29, 0.717) is 17.7 Å². The summed E-state index contributed by atoms with van der Waals surface area (Å²) >= 11 is 0. The van der Waals surface area contributed by atoms with Crippen molar-refractivity contribution in [2.75, 3.05) is 12.4 Å². The molecule has 0 radical (unpaired) electrons. The Morgan fingerprint density at radius 3 is 2.52 bits per heavy atom. The van der Waals surface area contributed by atoms with Crippen molar-refractivity contribution in [1.29, 1.82) is 5.26 Å². The average molecular weight is 279 g/mol. The predicted molar refractivity (Wildman–Crippen MR) is 83.1 cm³/mol. The zero-order chi connectivity index (χ0) is 15.2. The van der Waals surface area contributed by atoms with Gasteiger partial charge in [-0.25, -0.2) is 0 Å². The van der Waals surface area contributed by atoms with E-state index in [4.69, 9.17) is 5.26 Å². The molecule has 0 aromatic heterocycles. The van der Waals surface area contributed by atoms with Crippen LogP contribution in [0.3, 0.4) is 0 Å². The fourth-order valence-electron chi connectivity index (χ4n) is 1.99. The minimum absolute atomic E-state index is 0.101. The lowest BCUT2D eigenvalue weighted by Crippen LogP contribution is -2.18. The summed E-state index contributed by atoms with van der Waals surface area (Å²) in [7, 11) is 1.62. The average Bonchev–Trinajstić information content (AvgIpc) is 2.53. The molecule has 0 bridgehead atoms. The van der Waals surface area contributed by atoms with Crippen molar-refractivity contribution in [2.24, 2.45) is 0 Å². The summed E-state index contributed by atoms with van der Waals surface area (Å²) in [5, 5.41) is 14.7. The molecule has 0 aliphatic rings. The summed E-state index contributed by atoms with van der Waals surface area (Å²) in [4.78, 5) is 11.7. The first-order chi connectivity index (χ1) is 10.1. The van der Waals surface area contributed by atoms with Crippen LogP contribution in [0.4, 0.5) is 5.69 Å². The van der Waals surface area contributed by atoms with Gasteiger partial charge in [0.25, 0.3) is 5.91 Å². The molecule has 2 rings (SSSR count). The number of rotatable bonds is 4. The van der Waals surface area contributed by atoms with Crippen LogP contribution in [0.1, 0.15) is 27.0 Å². The third-order valence-corrected chi connectivity index (χ3v) is 3.29. The van der Waals surface area contributed by atoms with Gasteiger partial charge in [0.15, 0.2) is 0 Å². The molecule has 4 heteroatoms. The summed E-state index contributed by atoms with van der Waals surface area (Å²) < 4.78 is 0. The topological polar surface area (TPSA) is 64.9 Å². The second-order valence-corrected chi connectivity index (χ2v) is 4.77. The quantitative estimate of drug-likeness (QED) is 0.904. The molecule has 0 saturated heterocycles. The van der Waals surface area contributed by atoms with Gasteiger partial charge < -0.3 is 10.6 Å². The number of aryl methyl sites for hydroxylation is 1. The fraction of sp³-hybridized carbons (Fsp3) is 0.176. The van der Waals surface area contributed by atoms with E-state index >= 15 is 0 Å². The van der Waals surface area contributed by atoms with E-state index < -0.39 is 0 Å². The Balaban J connectivity index is 2.11. The van der Waals surface area contributed by atoms with Crippen molar-refractivity contribution in [3.8, 4) is 6.07 Å². The third-order valence-electron chi connectivity index (χ3n) is 3.29. The lowest BCUT2D eigenvalue weighted by atomic mass is 10.1. The first-order valence-corrected chi connectivity index (χ1v) is 6.69. The fourth-order valence-corrected chi connectivity index (χ4v) is 1.99. The van der Waals surface area contributed by atoms with Crippen molar-refractivity contribution in [3.63, 3.8) is 0 Å². The lowest BCUT2D eigenvalue weighted by molar-refractivity contribution is 0.0963. The highest BCUT2D eigenvalue weighted by molar-refractivity contribution is 5.95.